The van der Waals surface area contributed by atoms with Gasteiger partial charge in [0, 0.05) is 19.1 Å². The number of hydrogen-bond acceptors (Lipinski definition) is 3. The number of hydrogen-bond donors (Lipinski definition) is 1. The zero-order valence-corrected chi connectivity index (χ0v) is 11.6. The molecule has 104 valence electrons. The molecule has 2 heterocycles. The van der Waals surface area contributed by atoms with Gasteiger partial charge in [0.05, 0.1) is 5.92 Å². The van der Waals surface area contributed by atoms with E-state index in [2.05, 4.69) is 23.6 Å². The number of carboxylic acid groups (broad SMARTS) is 1. The Morgan fingerprint density at radius 3 is 2.44 bits per heavy atom. The van der Waals surface area contributed by atoms with Gasteiger partial charge in [-0.2, -0.15) is 0 Å². The highest BCUT2D eigenvalue weighted by molar-refractivity contribution is 5.71. The lowest BCUT2D eigenvalue weighted by Crippen LogP contribution is -2.44. The molecule has 18 heavy (non-hydrogen) atoms. The quantitative estimate of drug-likeness (QED) is 0.826. The molecular weight excluding hydrogens is 228 g/mol. The Hall–Kier alpha value is -0.610. The van der Waals surface area contributed by atoms with Gasteiger partial charge in [-0.15, -0.1) is 0 Å². The normalized spacial score (nSPS) is 31.9. The number of nitrogens with zero attached hydrogens (tertiary/aromatic N) is 2. The van der Waals surface area contributed by atoms with E-state index in [0.29, 0.717) is 12.0 Å². The predicted molar refractivity (Wildman–Crippen MR) is 71.6 cm³/mol. The van der Waals surface area contributed by atoms with Crippen LogP contribution in [0.4, 0.5) is 0 Å². The van der Waals surface area contributed by atoms with Crippen molar-refractivity contribution in [1.82, 2.24) is 9.80 Å². The lowest BCUT2D eigenvalue weighted by atomic mass is 9.99. The van der Waals surface area contributed by atoms with Crippen LogP contribution < -0.4 is 0 Å². The van der Waals surface area contributed by atoms with Gasteiger partial charge in [-0.3, -0.25) is 9.69 Å². The lowest BCUT2D eigenvalue weighted by Gasteiger charge is -2.36. The number of likely N-dealkylation sites (tertiary alicyclic amines) is 2. The summed E-state index contributed by atoms with van der Waals surface area (Å²) >= 11 is 0. The van der Waals surface area contributed by atoms with Crippen molar-refractivity contribution in [3.05, 3.63) is 0 Å². The van der Waals surface area contributed by atoms with E-state index in [1.807, 2.05) is 0 Å². The van der Waals surface area contributed by atoms with Gasteiger partial charge in [0.25, 0.3) is 0 Å². The fourth-order valence-corrected chi connectivity index (χ4v) is 3.45. The van der Waals surface area contributed by atoms with Gasteiger partial charge in [0.1, 0.15) is 0 Å². The second-order valence-electron chi connectivity index (χ2n) is 5.95. The van der Waals surface area contributed by atoms with Crippen molar-refractivity contribution >= 4 is 5.97 Å². The molecule has 0 amide bonds. The third-order valence-corrected chi connectivity index (χ3v) is 4.57. The molecule has 0 bridgehead atoms. The number of carbonyl (C=O) groups is 1. The van der Waals surface area contributed by atoms with E-state index in [1.165, 1.54) is 38.9 Å². The highest BCUT2D eigenvalue weighted by Crippen LogP contribution is 2.28. The Morgan fingerprint density at radius 1 is 1.28 bits per heavy atom. The van der Waals surface area contributed by atoms with E-state index in [4.69, 9.17) is 0 Å². The summed E-state index contributed by atoms with van der Waals surface area (Å²) in [6, 6.07) is 0.616. The third-order valence-electron chi connectivity index (χ3n) is 4.57. The predicted octanol–water partition coefficient (Wildman–Crippen LogP) is 1.51. The van der Waals surface area contributed by atoms with Crippen molar-refractivity contribution in [2.24, 2.45) is 11.8 Å². The summed E-state index contributed by atoms with van der Waals surface area (Å²) in [5, 5.41) is 9.18. The summed E-state index contributed by atoms with van der Waals surface area (Å²) in [6.07, 6.45) is 3.64. The Balaban J connectivity index is 1.82. The second-order valence-corrected chi connectivity index (χ2v) is 5.95. The van der Waals surface area contributed by atoms with Crippen LogP contribution in [0, 0.1) is 11.8 Å². The molecule has 0 aromatic heterocycles. The van der Waals surface area contributed by atoms with Crippen LogP contribution in [0.2, 0.25) is 0 Å². The molecule has 2 rings (SSSR count). The Labute approximate surface area is 110 Å². The highest BCUT2D eigenvalue weighted by atomic mass is 16.4. The first kappa shape index (κ1) is 13.8. The molecule has 0 aliphatic carbocycles. The molecule has 2 aliphatic heterocycles. The van der Waals surface area contributed by atoms with Gasteiger partial charge in [0.2, 0.25) is 0 Å². The number of aliphatic carboxylic acids is 1. The fourth-order valence-electron chi connectivity index (χ4n) is 3.45. The van der Waals surface area contributed by atoms with Crippen LogP contribution in [0.15, 0.2) is 0 Å². The van der Waals surface area contributed by atoms with Gasteiger partial charge in [-0.25, -0.2) is 0 Å². The van der Waals surface area contributed by atoms with Crippen LogP contribution in [-0.2, 0) is 4.79 Å². The summed E-state index contributed by atoms with van der Waals surface area (Å²) in [7, 11) is 0. The average Bonchev–Trinajstić information content (AvgIpc) is 2.73. The molecule has 2 saturated heterocycles. The zero-order chi connectivity index (χ0) is 13.1. The van der Waals surface area contributed by atoms with Gasteiger partial charge >= 0.3 is 5.97 Å². The minimum atomic E-state index is -0.617. The minimum absolute atomic E-state index is 0.154. The maximum Gasteiger partial charge on any atom is 0.308 e. The van der Waals surface area contributed by atoms with Crippen LogP contribution in [0.5, 0.6) is 0 Å². The maximum absolute atomic E-state index is 11.1. The molecule has 2 aliphatic rings. The smallest absolute Gasteiger partial charge is 0.308 e. The monoisotopic (exact) mass is 254 g/mol. The number of rotatable bonds is 4. The van der Waals surface area contributed by atoms with E-state index >= 15 is 0 Å². The largest absolute Gasteiger partial charge is 0.481 e. The van der Waals surface area contributed by atoms with Crippen LogP contribution in [0.1, 0.15) is 33.1 Å². The maximum atomic E-state index is 11.1. The molecule has 2 atom stereocenters. The topological polar surface area (TPSA) is 43.8 Å². The molecule has 2 fully saturated rings. The van der Waals surface area contributed by atoms with Gasteiger partial charge in [-0.05, 0) is 44.8 Å². The lowest BCUT2D eigenvalue weighted by molar-refractivity contribution is -0.142. The van der Waals surface area contributed by atoms with Crippen LogP contribution in [-0.4, -0.2) is 59.6 Å². The van der Waals surface area contributed by atoms with Crippen LogP contribution in [0.25, 0.3) is 0 Å². The van der Waals surface area contributed by atoms with Gasteiger partial charge in [-0.1, -0.05) is 13.8 Å². The number of piperidine rings is 1. The van der Waals surface area contributed by atoms with Crippen molar-refractivity contribution in [1.29, 1.82) is 0 Å². The van der Waals surface area contributed by atoms with Crippen molar-refractivity contribution < 1.29 is 9.90 Å². The Kier molecular flexibility index (Phi) is 4.62. The minimum Gasteiger partial charge on any atom is -0.481 e. The van der Waals surface area contributed by atoms with E-state index in [-0.39, 0.29) is 5.92 Å². The second kappa shape index (κ2) is 6.02. The molecule has 0 saturated carbocycles. The molecule has 4 heteroatoms. The van der Waals surface area contributed by atoms with Crippen LogP contribution >= 0.6 is 0 Å². The SMILES string of the molecule is CCCN1CCC(N2CC(C)C(C(=O)O)C2)CC1. The first-order chi connectivity index (χ1) is 8.61. The summed E-state index contributed by atoms with van der Waals surface area (Å²) in [5.74, 6) is -0.469. The molecule has 1 N–H and O–H groups in total. The molecule has 0 radical (unpaired) electrons. The highest BCUT2D eigenvalue weighted by Gasteiger charge is 2.38. The van der Waals surface area contributed by atoms with Crippen molar-refractivity contribution in [2.75, 3.05) is 32.7 Å². The van der Waals surface area contributed by atoms with E-state index in [0.717, 1.165) is 13.1 Å². The summed E-state index contributed by atoms with van der Waals surface area (Å²) in [6.45, 7) is 9.60. The summed E-state index contributed by atoms with van der Waals surface area (Å²) in [5.41, 5.74) is 0. The van der Waals surface area contributed by atoms with E-state index in [9.17, 15) is 9.90 Å². The Bertz CT molecular complexity index is 288. The van der Waals surface area contributed by atoms with E-state index in [1.54, 1.807) is 0 Å². The van der Waals surface area contributed by atoms with Crippen LogP contribution in [0.3, 0.4) is 0 Å². The molecule has 0 aromatic rings. The summed E-state index contributed by atoms with van der Waals surface area (Å²) in [4.78, 5) is 16.1. The zero-order valence-electron chi connectivity index (χ0n) is 11.6. The molecule has 0 aromatic carbocycles. The number of carboxylic acids is 1. The van der Waals surface area contributed by atoms with Gasteiger partial charge in [0.15, 0.2) is 0 Å². The molecule has 0 spiro atoms. The first-order valence-corrected chi connectivity index (χ1v) is 7.31. The van der Waals surface area contributed by atoms with Crippen molar-refractivity contribution in [3.63, 3.8) is 0 Å². The standard InChI is InChI=1S/C14H26N2O2/c1-3-6-15-7-4-12(5-8-15)16-9-11(2)13(10-16)14(17)18/h11-13H,3-10H2,1-2H3,(H,17,18). The van der Waals surface area contributed by atoms with Crippen molar-refractivity contribution in [3.8, 4) is 0 Å². The third kappa shape index (κ3) is 3.04. The average molecular weight is 254 g/mol. The molecule has 2 unspecified atom stereocenters. The molecule has 4 nitrogen and oxygen atoms in total. The van der Waals surface area contributed by atoms with E-state index < -0.39 is 5.97 Å². The van der Waals surface area contributed by atoms with Gasteiger partial charge < -0.3 is 10.0 Å². The van der Waals surface area contributed by atoms with Crippen molar-refractivity contribution in [2.45, 2.75) is 39.2 Å². The summed E-state index contributed by atoms with van der Waals surface area (Å²) < 4.78 is 0. The fraction of sp³-hybridized carbons (Fsp3) is 0.929. The molecular formula is C14H26N2O2. The first-order valence-electron chi connectivity index (χ1n) is 7.31. The Morgan fingerprint density at radius 2 is 1.94 bits per heavy atom.